The molecule has 0 amide bonds. The van der Waals surface area contributed by atoms with E-state index in [-0.39, 0.29) is 0 Å². The fourth-order valence-electron chi connectivity index (χ4n) is 1.73. The fourth-order valence-corrected chi connectivity index (χ4v) is 2.73. The van der Waals surface area contributed by atoms with Gasteiger partial charge in [-0.1, -0.05) is 30.3 Å². The molecule has 5 heteroatoms. The van der Waals surface area contributed by atoms with E-state index in [1.54, 1.807) is 23.0 Å². The number of nitrogens with zero attached hydrogens (tertiary/aromatic N) is 2. The van der Waals surface area contributed by atoms with E-state index in [0.29, 0.717) is 11.6 Å². The number of thiazole rings is 1. The van der Waals surface area contributed by atoms with Crippen LogP contribution in [0.4, 0.5) is 5.69 Å². The Morgan fingerprint density at radius 1 is 1.29 bits per heavy atom. The summed E-state index contributed by atoms with van der Waals surface area (Å²) in [6, 6.07) is 10.2. The van der Waals surface area contributed by atoms with Crippen LogP contribution in [0.1, 0.15) is 0 Å². The molecule has 0 radical (unpaired) electrons. The average molecular weight is 245 g/mol. The third kappa shape index (κ3) is 1.55. The van der Waals surface area contributed by atoms with E-state index in [1.807, 2.05) is 24.4 Å². The number of anilines is 1. The number of rotatable bonds is 2. The third-order valence-electron chi connectivity index (χ3n) is 2.57. The fraction of sp³-hybridized carbons (Fsp3) is 0.0833. The van der Waals surface area contributed by atoms with E-state index in [9.17, 15) is 0 Å². The zero-order chi connectivity index (χ0) is 11.8. The molecule has 1 aromatic carbocycles. The summed E-state index contributed by atoms with van der Waals surface area (Å²) in [6.45, 7) is 0. The molecule has 2 N–H and O–H groups in total. The third-order valence-corrected chi connectivity index (χ3v) is 3.73. The lowest BCUT2D eigenvalue weighted by atomic mass is 10.2. The number of hydrogen-bond acceptors (Lipinski definition) is 4. The van der Waals surface area contributed by atoms with Gasteiger partial charge in [0.25, 0.3) is 5.88 Å². The standard InChI is InChI=1S/C12H11N3OS/c1-16-11-10(13)12-15(14-11)7-9(17-12)8-5-3-2-4-6-8/h2-7H,13H2,1H3. The minimum atomic E-state index is 0.482. The number of methoxy groups -OCH3 is 1. The van der Waals surface area contributed by atoms with Crippen molar-refractivity contribution in [2.45, 2.75) is 0 Å². The summed E-state index contributed by atoms with van der Waals surface area (Å²) in [7, 11) is 1.57. The van der Waals surface area contributed by atoms with Gasteiger partial charge in [-0.3, -0.25) is 0 Å². The zero-order valence-corrected chi connectivity index (χ0v) is 10.1. The maximum absolute atomic E-state index is 5.94. The van der Waals surface area contributed by atoms with E-state index >= 15 is 0 Å². The largest absolute Gasteiger partial charge is 0.478 e. The van der Waals surface area contributed by atoms with Crippen molar-refractivity contribution >= 4 is 21.9 Å². The maximum Gasteiger partial charge on any atom is 0.258 e. The normalized spacial score (nSPS) is 10.9. The van der Waals surface area contributed by atoms with Gasteiger partial charge in [-0.15, -0.1) is 16.4 Å². The first-order valence-corrected chi connectivity index (χ1v) is 5.98. The van der Waals surface area contributed by atoms with Crippen LogP contribution < -0.4 is 10.5 Å². The molecule has 2 aromatic heterocycles. The van der Waals surface area contributed by atoms with Gasteiger partial charge in [0.05, 0.1) is 12.0 Å². The second kappa shape index (κ2) is 3.78. The Kier molecular flexibility index (Phi) is 2.26. The van der Waals surface area contributed by atoms with Gasteiger partial charge in [-0.05, 0) is 5.56 Å². The van der Waals surface area contributed by atoms with Gasteiger partial charge in [-0.2, -0.15) is 0 Å². The van der Waals surface area contributed by atoms with Crippen molar-refractivity contribution in [1.29, 1.82) is 0 Å². The quantitative estimate of drug-likeness (QED) is 0.755. The molecule has 3 aromatic rings. The average Bonchev–Trinajstić information content (AvgIpc) is 2.90. The number of nitrogens with two attached hydrogens (primary N) is 1. The summed E-state index contributed by atoms with van der Waals surface area (Å²) in [6.07, 6.45) is 1.97. The number of hydrogen-bond donors (Lipinski definition) is 1. The maximum atomic E-state index is 5.94. The molecular formula is C12H11N3OS. The predicted molar refractivity (Wildman–Crippen MR) is 69.5 cm³/mol. The topological polar surface area (TPSA) is 52.5 Å². The minimum Gasteiger partial charge on any atom is -0.478 e. The summed E-state index contributed by atoms with van der Waals surface area (Å²) in [5.41, 5.74) is 7.71. The summed E-state index contributed by atoms with van der Waals surface area (Å²) in [4.78, 5) is 2.06. The van der Waals surface area contributed by atoms with E-state index in [4.69, 9.17) is 10.5 Å². The number of fused-ring (bicyclic) bond motifs is 1. The molecule has 17 heavy (non-hydrogen) atoms. The van der Waals surface area contributed by atoms with Gasteiger partial charge in [0, 0.05) is 6.20 Å². The first kappa shape index (κ1) is 10.2. The molecule has 0 spiro atoms. The Balaban J connectivity index is 2.15. The van der Waals surface area contributed by atoms with Crippen LogP contribution in [0.25, 0.3) is 15.3 Å². The van der Waals surface area contributed by atoms with Gasteiger partial charge in [0.1, 0.15) is 10.5 Å². The van der Waals surface area contributed by atoms with Crippen LogP contribution in [0.15, 0.2) is 36.5 Å². The number of benzene rings is 1. The van der Waals surface area contributed by atoms with Crippen molar-refractivity contribution in [1.82, 2.24) is 9.61 Å². The Hall–Kier alpha value is -2.01. The van der Waals surface area contributed by atoms with E-state index < -0.39 is 0 Å². The second-order valence-electron chi connectivity index (χ2n) is 3.63. The molecule has 2 heterocycles. The molecule has 0 aliphatic rings. The molecule has 0 aliphatic carbocycles. The van der Waals surface area contributed by atoms with E-state index in [0.717, 1.165) is 9.71 Å². The van der Waals surface area contributed by atoms with E-state index in [1.165, 1.54) is 5.56 Å². The number of aromatic nitrogens is 2. The molecule has 86 valence electrons. The highest BCUT2D eigenvalue weighted by atomic mass is 32.1. The minimum absolute atomic E-state index is 0.482. The second-order valence-corrected chi connectivity index (χ2v) is 4.66. The monoisotopic (exact) mass is 245 g/mol. The highest BCUT2D eigenvalue weighted by molar-refractivity contribution is 7.21. The van der Waals surface area contributed by atoms with Crippen molar-refractivity contribution in [3.63, 3.8) is 0 Å². The van der Waals surface area contributed by atoms with Crippen LogP contribution in [0.3, 0.4) is 0 Å². The molecule has 0 saturated carbocycles. The Morgan fingerprint density at radius 3 is 2.71 bits per heavy atom. The van der Waals surface area contributed by atoms with Crippen molar-refractivity contribution in [3.8, 4) is 16.3 Å². The molecule has 0 fully saturated rings. The summed E-state index contributed by atoms with van der Waals surface area (Å²) >= 11 is 1.61. The SMILES string of the molecule is COc1nn2cc(-c3ccccc3)sc2c1N. The van der Waals surface area contributed by atoms with Gasteiger partial charge >= 0.3 is 0 Å². The number of nitrogen functional groups attached to an aromatic ring is 1. The Bertz CT molecular complexity index is 657. The van der Waals surface area contributed by atoms with Crippen LogP contribution >= 0.6 is 11.3 Å². The number of ether oxygens (including phenoxy) is 1. The molecule has 0 saturated heterocycles. The van der Waals surface area contributed by atoms with Crippen LogP contribution in [0, 0.1) is 0 Å². The van der Waals surface area contributed by atoms with Gasteiger partial charge in [0.15, 0.2) is 0 Å². The lowest BCUT2D eigenvalue weighted by Gasteiger charge is -1.95. The van der Waals surface area contributed by atoms with Crippen molar-refractivity contribution < 1.29 is 4.74 Å². The smallest absolute Gasteiger partial charge is 0.258 e. The van der Waals surface area contributed by atoms with Crippen LogP contribution in [0.2, 0.25) is 0 Å². The molecule has 3 rings (SSSR count). The zero-order valence-electron chi connectivity index (χ0n) is 9.25. The summed E-state index contributed by atoms with van der Waals surface area (Å²) in [5.74, 6) is 0.482. The highest BCUT2D eigenvalue weighted by Gasteiger charge is 2.13. The molecule has 0 bridgehead atoms. The van der Waals surface area contributed by atoms with Crippen molar-refractivity contribution in [2.24, 2.45) is 0 Å². The van der Waals surface area contributed by atoms with Crippen molar-refractivity contribution in [3.05, 3.63) is 36.5 Å². The predicted octanol–water partition coefficient (Wildman–Crippen LogP) is 2.65. The molecule has 0 aliphatic heterocycles. The first-order valence-electron chi connectivity index (χ1n) is 5.16. The Morgan fingerprint density at radius 2 is 2.06 bits per heavy atom. The summed E-state index contributed by atoms with van der Waals surface area (Å²) in [5, 5.41) is 4.26. The van der Waals surface area contributed by atoms with Crippen LogP contribution in [-0.4, -0.2) is 16.7 Å². The van der Waals surface area contributed by atoms with Crippen molar-refractivity contribution in [2.75, 3.05) is 12.8 Å². The summed E-state index contributed by atoms with van der Waals surface area (Å²) < 4.78 is 6.85. The lowest BCUT2D eigenvalue weighted by Crippen LogP contribution is -1.89. The molecule has 4 nitrogen and oxygen atoms in total. The van der Waals surface area contributed by atoms with Crippen LogP contribution in [0.5, 0.6) is 5.88 Å². The molecular weight excluding hydrogens is 234 g/mol. The van der Waals surface area contributed by atoms with Gasteiger partial charge in [-0.25, -0.2) is 4.52 Å². The van der Waals surface area contributed by atoms with E-state index in [2.05, 4.69) is 17.2 Å². The highest BCUT2D eigenvalue weighted by Crippen LogP contribution is 2.35. The van der Waals surface area contributed by atoms with Gasteiger partial charge < -0.3 is 10.5 Å². The molecule has 0 unspecified atom stereocenters. The van der Waals surface area contributed by atoms with Crippen LogP contribution in [-0.2, 0) is 0 Å². The molecule has 0 atom stereocenters. The Labute approximate surface area is 102 Å². The lowest BCUT2D eigenvalue weighted by molar-refractivity contribution is 0.397. The first-order chi connectivity index (χ1) is 8.29. The van der Waals surface area contributed by atoms with Gasteiger partial charge in [0.2, 0.25) is 0 Å².